The molecule has 1 aromatic carbocycles. The molecule has 0 aliphatic rings. The third kappa shape index (κ3) is 8.53. The van der Waals surface area contributed by atoms with Crippen molar-refractivity contribution in [2.24, 2.45) is 0 Å². The van der Waals surface area contributed by atoms with Crippen LogP contribution in [0.25, 0.3) is 0 Å². The van der Waals surface area contributed by atoms with Crippen LogP contribution in [0, 0.1) is 0 Å². The number of benzene rings is 1. The van der Waals surface area contributed by atoms with Crippen LogP contribution in [0.15, 0.2) is 24.3 Å². The van der Waals surface area contributed by atoms with Crippen LogP contribution < -0.4 is 39.4 Å². The van der Waals surface area contributed by atoms with Gasteiger partial charge in [0.1, 0.15) is 5.75 Å². The van der Waals surface area contributed by atoms with Gasteiger partial charge in [0, 0.05) is 0 Å². The van der Waals surface area contributed by atoms with E-state index in [0.717, 1.165) is 18.8 Å². The summed E-state index contributed by atoms with van der Waals surface area (Å²) >= 11 is 0. The van der Waals surface area contributed by atoms with Gasteiger partial charge in [-0.05, 0) is 18.6 Å². The third-order valence-corrected chi connectivity index (χ3v) is 2.59. The zero-order chi connectivity index (χ0) is 11.6. The van der Waals surface area contributed by atoms with Crippen LogP contribution in [-0.2, 0) is 0 Å². The van der Waals surface area contributed by atoms with Crippen molar-refractivity contribution in [3.05, 3.63) is 24.3 Å². The van der Waals surface area contributed by atoms with E-state index in [1.807, 2.05) is 0 Å². The Labute approximate surface area is 127 Å². The fourth-order valence-corrected chi connectivity index (χ4v) is 1.61. The Morgan fingerprint density at radius 2 is 1.53 bits per heavy atom. The van der Waals surface area contributed by atoms with E-state index >= 15 is 0 Å². The van der Waals surface area contributed by atoms with Gasteiger partial charge in [-0.1, -0.05) is 51.2 Å². The van der Waals surface area contributed by atoms with Crippen LogP contribution in [0.2, 0.25) is 0 Å². The average Bonchev–Trinajstić information content (AvgIpc) is 2.30. The molecule has 1 aromatic rings. The smallest absolute Gasteiger partial charge is 0.872 e. The molecule has 1 rings (SSSR count). The second kappa shape index (κ2) is 10.9. The molecule has 0 N–H and O–H groups in total. The molecular formula is C14H21NaO2. The van der Waals surface area contributed by atoms with Crippen LogP contribution in [0.1, 0.15) is 45.4 Å². The summed E-state index contributed by atoms with van der Waals surface area (Å²) < 4.78 is 5.53. The minimum absolute atomic E-state index is 0. The number of hydrogen-bond donors (Lipinski definition) is 0. The van der Waals surface area contributed by atoms with Crippen LogP contribution in [-0.4, -0.2) is 6.61 Å². The molecule has 0 heterocycles. The standard InChI is InChI=1S/C14H22O2.Na/c1-2-3-4-5-6-7-12-16-14-10-8-13(15)9-11-14;/h8-11,15H,2-7,12H2,1H3;/q;+1/p-1. The second-order valence-electron chi connectivity index (χ2n) is 4.09. The van der Waals surface area contributed by atoms with Gasteiger partial charge in [0.05, 0.1) is 6.61 Å². The third-order valence-electron chi connectivity index (χ3n) is 2.59. The summed E-state index contributed by atoms with van der Waals surface area (Å²) in [6.07, 6.45) is 7.60. The van der Waals surface area contributed by atoms with E-state index in [4.69, 9.17) is 4.74 Å². The maximum atomic E-state index is 10.8. The van der Waals surface area contributed by atoms with E-state index in [0.29, 0.717) is 0 Å². The summed E-state index contributed by atoms with van der Waals surface area (Å²) in [4.78, 5) is 0. The molecule has 0 aliphatic carbocycles. The normalized spacial score (nSPS) is 9.71. The van der Waals surface area contributed by atoms with Gasteiger partial charge in [-0.25, -0.2) is 0 Å². The summed E-state index contributed by atoms with van der Waals surface area (Å²) in [7, 11) is 0. The van der Waals surface area contributed by atoms with Crippen molar-refractivity contribution >= 4 is 0 Å². The van der Waals surface area contributed by atoms with E-state index in [1.54, 1.807) is 12.1 Å². The van der Waals surface area contributed by atoms with Crippen LogP contribution in [0.4, 0.5) is 0 Å². The zero-order valence-electron chi connectivity index (χ0n) is 11.1. The van der Waals surface area contributed by atoms with Gasteiger partial charge in [-0.2, -0.15) is 0 Å². The Kier molecular flexibility index (Phi) is 10.8. The summed E-state index contributed by atoms with van der Waals surface area (Å²) in [5.41, 5.74) is 0. The Morgan fingerprint density at radius 1 is 0.941 bits per heavy atom. The SMILES string of the molecule is CCCCCCCCOc1ccc([O-])cc1.[Na+]. The second-order valence-corrected chi connectivity index (χ2v) is 4.09. The number of hydrogen-bond acceptors (Lipinski definition) is 2. The zero-order valence-corrected chi connectivity index (χ0v) is 13.1. The fraction of sp³-hybridized carbons (Fsp3) is 0.571. The molecule has 0 amide bonds. The van der Waals surface area contributed by atoms with Crippen molar-refractivity contribution in [3.63, 3.8) is 0 Å². The molecule has 0 aliphatic heterocycles. The maximum absolute atomic E-state index is 10.8. The van der Waals surface area contributed by atoms with E-state index in [1.165, 1.54) is 44.2 Å². The Bertz CT molecular complexity index is 272. The Morgan fingerprint density at radius 3 is 2.18 bits per heavy atom. The van der Waals surface area contributed by atoms with Gasteiger partial charge < -0.3 is 9.84 Å². The molecule has 0 spiro atoms. The number of ether oxygens (including phenoxy) is 1. The quantitative estimate of drug-likeness (QED) is 0.493. The predicted molar refractivity (Wildman–Crippen MR) is 64.8 cm³/mol. The van der Waals surface area contributed by atoms with Crippen molar-refractivity contribution in [2.75, 3.05) is 6.61 Å². The first-order chi connectivity index (χ1) is 7.83. The Balaban J connectivity index is 0.00000256. The number of unbranched alkanes of at least 4 members (excludes halogenated alkanes) is 5. The van der Waals surface area contributed by atoms with Crippen molar-refractivity contribution < 1.29 is 39.4 Å². The largest absolute Gasteiger partial charge is 1.00 e. The molecule has 0 saturated carbocycles. The molecule has 0 radical (unpaired) electrons. The average molecular weight is 244 g/mol. The topological polar surface area (TPSA) is 32.3 Å². The molecule has 0 aromatic heterocycles. The molecule has 0 fully saturated rings. The van der Waals surface area contributed by atoms with Gasteiger partial charge in [0.15, 0.2) is 0 Å². The summed E-state index contributed by atoms with van der Waals surface area (Å²) in [5.74, 6) is 0.833. The van der Waals surface area contributed by atoms with E-state index in [-0.39, 0.29) is 35.3 Å². The molecule has 0 saturated heterocycles. The first-order valence-electron chi connectivity index (χ1n) is 6.23. The maximum Gasteiger partial charge on any atom is 1.00 e. The molecule has 2 nitrogen and oxygen atoms in total. The van der Waals surface area contributed by atoms with Gasteiger partial charge in [0.25, 0.3) is 0 Å². The monoisotopic (exact) mass is 244 g/mol. The molecule has 17 heavy (non-hydrogen) atoms. The fourth-order valence-electron chi connectivity index (χ4n) is 1.61. The van der Waals surface area contributed by atoms with Crippen LogP contribution in [0.5, 0.6) is 11.5 Å². The van der Waals surface area contributed by atoms with Gasteiger partial charge in [0.2, 0.25) is 0 Å². The predicted octanol–water partition coefficient (Wildman–Crippen LogP) is 0.503. The van der Waals surface area contributed by atoms with Gasteiger partial charge in [-0.3, -0.25) is 0 Å². The number of rotatable bonds is 8. The summed E-state index contributed by atoms with van der Waals surface area (Å²) in [5, 5.41) is 10.8. The molecule has 0 bridgehead atoms. The molecule has 3 heteroatoms. The van der Waals surface area contributed by atoms with E-state index < -0.39 is 0 Å². The summed E-state index contributed by atoms with van der Waals surface area (Å²) in [6, 6.07) is 6.55. The summed E-state index contributed by atoms with van der Waals surface area (Å²) in [6.45, 7) is 2.98. The van der Waals surface area contributed by atoms with Gasteiger partial charge >= 0.3 is 29.6 Å². The van der Waals surface area contributed by atoms with Gasteiger partial charge in [-0.15, -0.1) is 5.75 Å². The molecule has 90 valence electrons. The Hall–Kier alpha value is -0.180. The van der Waals surface area contributed by atoms with Crippen molar-refractivity contribution in [2.45, 2.75) is 45.4 Å². The minimum Gasteiger partial charge on any atom is -0.872 e. The van der Waals surface area contributed by atoms with Crippen molar-refractivity contribution in [1.82, 2.24) is 0 Å². The minimum atomic E-state index is 0. The van der Waals surface area contributed by atoms with Crippen LogP contribution >= 0.6 is 0 Å². The van der Waals surface area contributed by atoms with Crippen LogP contribution in [0.3, 0.4) is 0 Å². The first kappa shape index (κ1) is 16.8. The van der Waals surface area contributed by atoms with E-state index in [9.17, 15) is 5.11 Å². The first-order valence-corrected chi connectivity index (χ1v) is 6.23. The van der Waals surface area contributed by atoms with E-state index in [2.05, 4.69) is 6.92 Å². The van der Waals surface area contributed by atoms with Crippen molar-refractivity contribution in [3.8, 4) is 11.5 Å². The molecule has 0 atom stereocenters. The van der Waals surface area contributed by atoms with Crippen molar-refractivity contribution in [1.29, 1.82) is 0 Å². The molecule has 0 unspecified atom stereocenters. The molecular weight excluding hydrogens is 223 g/mol.